The number of Topliss-reactive ketones (excluding diaryl/α,β-unsaturated/α-hetero) is 1. The van der Waals surface area contributed by atoms with Crippen LogP contribution in [-0.4, -0.2) is 27.9 Å². The van der Waals surface area contributed by atoms with Gasteiger partial charge in [-0.1, -0.05) is 37.3 Å². The van der Waals surface area contributed by atoms with Gasteiger partial charge in [-0.3, -0.25) is 9.20 Å². The van der Waals surface area contributed by atoms with Crippen LogP contribution in [0, 0.1) is 12.8 Å². The summed E-state index contributed by atoms with van der Waals surface area (Å²) in [6.45, 7) is 6.52. The Morgan fingerprint density at radius 2 is 1.86 bits per heavy atom. The molecular formula is C22H24N2O4. The molecule has 0 radical (unpaired) electrons. The minimum absolute atomic E-state index is 0.127. The highest BCUT2D eigenvalue weighted by molar-refractivity contribution is 5.96. The minimum atomic E-state index is 0.127. The van der Waals surface area contributed by atoms with Crippen LogP contribution in [0.1, 0.15) is 42.0 Å². The molecule has 0 aliphatic heterocycles. The Balaban J connectivity index is 0.000000878. The Kier molecular flexibility index (Phi) is 7.66. The third-order valence-corrected chi connectivity index (χ3v) is 4.31. The van der Waals surface area contributed by atoms with Gasteiger partial charge in [0.15, 0.2) is 17.2 Å². The lowest BCUT2D eigenvalue weighted by molar-refractivity contribution is -0.191. The molecule has 1 atom stereocenters. The van der Waals surface area contributed by atoms with Crippen LogP contribution in [-0.2, 0) is 16.0 Å². The zero-order valence-corrected chi connectivity index (χ0v) is 16.3. The maximum atomic E-state index is 12.9. The molecule has 3 aromatic rings. The van der Waals surface area contributed by atoms with Crippen molar-refractivity contribution in [3.05, 3.63) is 65.6 Å². The van der Waals surface area contributed by atoms with Crippen LogP contribution in [0.4, 0.5) is 0 Å². The molecule has 0 unspecified atom stereocenters. The number of ether oxygens (including phenoxy) is 1. The summed E-state index contributed by atoms with van der Waals surface area (Å²) in [5, 5.41) is 0. The number of aromatic nitrogens is 2. The molecule has 6 heteroatoms. The SMILES string of the molecule is CCOc1cccn2c(C(=O)C[C@@H](C)Cc3ccccc3)c(C)nc12.O=C=O. The van der Waals surface area contributed by atoms with E-state index in [1.165, 1.54) is 5.56 Å². The van der Waals surface area contributed by atoms with Crippen molar-refractivity contribution in [3.8, 4) is 5.75 Å². The Morgan fingerprint density at radius 3 is 2.50 bits per heavy atom. The van der Waals surface area contributed by atoms with Gasteiger partial charge in [0, 0.05) is 12.6 Å². The van der Waals surface area contributed by atoms with Crippen molar-refractivity contribution >= 4 is 17.6 Å². The second-order valence-electron chi connectivity index (χ2n) is 6.55. The normalized spacial score (nSPS) is 11.2. The molecule has 2 aromatic heterocycles. The molecule has 3 rings (SSSR count). The number of benzene rings is 1. The predicted octanol–water partition coefficient (Wildman–Crippen LogP) is 3.91. The third-order valence-electron chi connectivity index (χ3n) is 4.31. The van der Waals surface area contributed by atoms with Crippen LogP contribution in [0.3, 0.4) is 0 Å². The smallest absolute Gasteiger partial charge is 0.373 e. The number of fused-ring (bicyclic) bond motifs is 1. The molecule has 6 nitrogen and oxygen atoms in total. The average molecular weight is 380 g/mol. The molecule has 0 N–H and O–H groups in total. The van der Waals surface area contributed by atoms with Gasteiger partial charge in [0.1, 0.15) is 5.69 Å². The van der Waals surface area contributed by atoms with E-state index >= 15 is 0 Å². The fourth-order valence-electron chi connectivity index (χ4n) is 3.26. The van der Waals surface area contributed by atoms with Crippen LogP contribution in [0.2, 0.25) is 0 Å². The van der Waals surface area contributed by atoms with Crippen LogP contribution in [0.15, 0.2) is 48.7 Å². The van der Waals surface area contributed by atoms with Crippen molar-refractivity contribution in [2.45, 2.75) is 33.6 Å². The number of aryl methyl sites for hydroxylation is 1. The van der Waals surface area contributed by atoms with E-state index in [1.54, 1.807) is 0 Å². The number of imidazole rings is 1. The summed E-state index contributed by atoms with van der Waals surface area (Å²) >= 11 is 0. The van der Waals surface area contributed by atoms with Crippen molar-refractivity contribution in [1.29, 1.82) is 0 Å². The number of carbonyl (C=O) groups is 1. The van der Waals surface area contributed by atoms with Crippen molar-refractivity contribution < 1.29 is 19.1 Å². The predicted molar refractivity (Wildman–Crippen MR) is 104 cm³/mol. The first-order valence-corrected chi connectivity index (χ1v) is 9.18. The topological polar surface area (TPSA) is 77.7 Å². The zero-order chi connectivity index (χ0) is 20.5. The van der Waals surface area contributed by atoms with Crippen LogP contribution < -0.4 is 4.74 Å². The van der Waals surface area contributed by atoms with Gasteiger partial charge >= 0.3 is 6.15 Å². The molecule has 0 bridgehead atoms. The van der Waals surface area contributed by atoms with E-state index in [-0.39, 0.29) is 17.9 Å². The summed E-state index contributed by atoms with van der Waals surface area (Å²) in [6, 6.07) is 14.1. The van der Waals surface area contributed by atoms with Gasteiger partial charge in [0.05, 0.1) is 12.3 Å². The second kappa shape index (κ2) is 10.2. The summed E-state index contributed by atoms with van der Waals surface area (Å²) in [6.07, 6.45) is 3.53. The van der Waals surface area contributed by atoms with Crippen LogP contribution in [0.25, 0.3) is 5.65 Å². The first kappa shape index (κ1) is 21.1. The van der Waals surface area contributed by atoms with E-state index in [0.29, 0.717) is 30.1 Å². The summed E-state index contributed by atoms with van der Waals surface area (Å²) in [5.74, 6) is 1.11. The number of hydrogen-bond acceptors (Lipinski definition) is 5. The maximum Gasteiger partial charge on any atom is 0.373 e. The number of ketones is 1. The molecule has 1 aromatic carbocycles. The molecule has 0 aliphatic carbocycles. The quantitative estimate of drug-likeness (QED) is 0.581. The number of pyridine rings is 1. The lowest BCUT2D eigenvalue weighted by atomic mass is 9.95. The van der Waals surface area contributed by atoms with E-state index in [0.717, 1.165) is 12.1 Å². The second-order valence-corrected chi connectivity index (χ2v) is 6.55. The van der Waals surface area contributed by atoms with E-state index in [9.17, 15) is 4.79 Å². The van der Waals surface area contributed by atoms with E-state index in [2.05, 4.69) is 24.0 Å². The molecular weight excluding hydrogens is 356 g/mol. The molecule has 0 amide bonds. The number of nitrogens with zero attached hydrogens (tertiary/aromatic N) is 2. The summed E-state index contributed by atoms with van der Waals surface area (Å²) in [4.78, 5) is 33.7. The van der Waals surface area contributed by atoms with E-state index in [4.69, 9.17) is 14.3 Å². The van der Waals surface area contributed by atoms with Gasteiger partial charge in [-0.05, 0) is 43.9 Å². The van der Waals surface area contributed by atoms with Gasteiger partial charge in [0.25, 0.3) is 0 Å². The average Bonchev–Trinajstić information content (AvgIpc) is 3.00. The molecule has 0 aliphatic rings. The van der Waals surface area contributed by atoms with Gasteiger partial charge in [0.2, 0.25) is 0 Å². The van der Waals surface area contributed by atoms with Gasteiger partial charge in [-0.25, -0.2) is 4.98 Å². The standard InChI is InChI=1S/C21H24N2O2.CO2/c1-4-25-19-11-8-12-23-20(16(3)22-21(19)23)18(24)14-15(2)13-17-9-6-5-7-10-17;2-1-3/h5-12,15H,4,13-14H2,1-3H3;/t15-;/m0./s1. The van der Waals surface area contributed by atoms with Gasteiger partial charge < -0.3 is 4.74 Å². The fraction of sp³-hybridized carbons (Fsp3) is 0.318. The van der Waals surface area contributed by atoms with Crippen molar-refractivity contribution in [2.75, 3.05) is 6.61 Å². The maximum absolute atomic E-state index is 12.9. The van der Waals surface area contributed by atoms with Crippen molar-refractivity contribution in [2.24, 2.45) is 5.92 Å². The highest BCUT2D eigenvalue weighted by Gasteiger charge is 2.20. The third kappa shape index (κ3) is 5.15. The molecule has 0 spiro atoms. The molecule has 28 heavy (non-hydrogen) atoms. The number of carbonyl (C=O) groups excluding carboxylic acids is 3. The van der Waals surface area contributed by atoms with Gasteiger partial charge in [-0.15, -0.1) is 0 Å². The van der Waals surface area contributed by atoms with E-state index in [1.807, 2.05) is 54.8 Å². The Labute approximate surface area is 164 Å². The molecule has 0 saturated heterocycles. The number of hydrogen-bond donors (Lipinski definition) is 0. The Morgan fingerprint density at radius 1 is 1.18 bits per heavy atom. The fourth-order valence-corrected chi connectivity index (χ4v) is 3.26. The Bertz CT molecular complexity index is 957. The largest absolute Gasteiger partial charge is 0.490 e. The van der Waals surface area contributed by atoms with Crippen molar-refractivity contribution in [1.82, 2.24) is 9.38 Å². The number of rotatable bonds is 7. The molecule has 0 fully saturated rings. The highest BCUT2D eigenvalue weighted by Crippen LogP contribution is 2.24. The van der Waals surface area contributed by atoms with Crippen LogP contribution >= 0.6 is 0 Å². The summed E-state index contributed by atoms with van der Waals surface area (Å²) < 4.78 is 7.49. The molecule has 146 valence electrons. The van der Waals surface area contributed by atoms with E-state index < -0.39 is 0 Å². The van der Waals surface area contributed by atoms with Crippen molar-refractivity contribution in [3.63, 3.8) is 0 Å². The van der Waals surface area contributed by atoms with Crippen LogP contribution in [0.5, 0.6) is 5.75 Å². The zero-order valence-electron chi connectivity index (χ0n) is 16.3. The monoisotopic (exact) mass is 380 g/mol. The molecule has 2 heterocycles. The lowest BCUT2D eigenvalue weighted by Gasteiger charge is -2.11. The lowest BCUT2D eigenvalue weighted by Crippen LogP contribution is -2.12. The van der Waals surface area contributed by atoms with Gasteiger partial charge in [-0.2, -0.15) is 9.59 Å². The Hall–Kier alpha value is -3.24. The first-order chi connectivity index (χ1) is 13.5. The first-order valence-electron chi connectivity index (χ1n) is 9.18. The molecule has 0 saturated carbocycles. The summed E-state index contributed by atoms with van der Waals surface area (Å²) in [7, 11) is 0. The highest BCUT2D eigenvalue weighted by atomic mass is 16.5. The minimum Gasteiger partial charge on any atom is -0.490 e. The summed E-state index contributed by atoms with van der Waals surface area (Å²) in [5.41, 5.74) is 3.39.